The lowest BCUT2D eigenvalue weighted by Crippen LogP contribution is -2.56. The van der Waals surface area contributed by atoms with Crippen molar-refractivity contribution >= 4 is 23.7 Å². The summed E-state index contributed by atoms with van der Waals surface area (Å²) in [5, 5.41) is 15.2. The van der Waals surface area contributed by atoms with Gasteiger partial charge < -0.3 is 25.4 Å². The molecule has 2 unspecified atom stereocenters. The third-order valence-corrected chi connectivity index (χ3v) is 10.3. The number of nitrogens with one attached hydrogen (secondary N) is 2. The number of amides is 3. The van der Waals surface area contributed by atoms with Crippen LogP contribution in [0.3, 0.4) is 0 Å². The second-order valence-corrected chi connectivity index (χ2v) is 15.9. The first-order valence-corrected chi connectivity index (χ1v) is 20.3. The summed E-state index contributed by atoms with van der Waals surface area (Å²) >= 11 is 0. The molecule has 0 radical (unpaired) electrons. The van der Waals surface area contributed by atoms with Crippen molar-refractivity contribution in [3.05, 3.63) is 102 Å². The molecule has 2 atom stereocenters. The van der Waals surface area contributed by atoms with Gasteiger partial charge in [-0.2, -0.15) is 0 Å². The van der Waals surface area contributed by atoms with Crippen LogP contribution in [-0.4, -0.2) is 75.4 Å². The normalized spacial score (nSPS) is 14.0. The summed E-state index contributed by atoms with van der Waals surface area (Å²) in [4.78, 5) is 63.5. The standard InChI is InChI=1S/C46H57N5O6/c1-5-6-7-8-12-27-57-38-23-19-33(20-24-38)36-30-47-42(48-31-36)34-15-13-32(14-16-34)28-39(49-43(54)35-17-21-37(22-18-35)46(2,3)4)44(55)50-40(29-41(52)53)45(56)51-25-10-9-11-26-51/h13-24,30-31,39-40H,5-12,25-29H2,1-4H3,(H,49,54)(H,50,55)(H,52,53). The Morgan fingerprint density at radius 3 is 2.00 bits per heavy atom. The summed E-state index contributed by atoms with van der Waals surface area (Å²) in [7, 11) is 0. The third-order valence-electron chi connectivity index (χ3n) is 10.3. The number of carboxylic acid groups (broad SMARTS) is 1. The van der Waals surface area contributed by atoms with Gasteiger partial charge in [-0.3, -0.25) is 19.2 Å². The summed E-state index contributed by atoms with van der Waals surface area (Å²) in [6, 6.07) is 20.2. The highest BCUT2D eigenvalue weighted by Crippen LogP contribution is 2.25. The number of aliphatic carboxylic acids is 1. The molecule has 4 aromatic rings. The molecule has 0 saturated carbocycles. The SMILES string of the molecule is CCCCCCCOc1ccc(-c2cnc(-c3ccc(CC(NC(=O)c4ccc(C(C)(C)C)cc4)C(=O)NC(CC(=O)O)C(=O)N4CCCCC4)cc3)nc2)cc1. The van der Waals surface area contributed by atoms with Crippen LogP contribution in [0.2, 0.25) is 0 Å². The smallest absolute Gasteiger partial charge is 0.305 e. The Kier molecular flexibility index (Phi) is 15.3. The van der Waals surface area contributed by atoms with E-state index in [0.29, 0.717) is 31.1 Å². The van der Waals surface area contributed by atoms with Gasteiger partial charge in [0.05, 0.1) is 13.0 Å². The highest BCUT2D eigenvalue weighted by atomic mass is 16.5. The van der Waals surface area contributed by atoms with Crippen molar-refractivity contribution in [1.82, 2.24) is 25.5 Å². The van der Waals surface area contributed by atoms with E-state index in [-0.39, 0.29) is 11.8 Å². The Balaban J connectivity index is 1.27. The largest absolute Gasteiger partial charge is 0.494 e. The summed E-state index contributed by atoms with van der Waals surface area (Å²) in [6.45, 7) is 10.2. The first kappa shape index (κ1) is 42.6. The molecule has 57 heavy (non-hydrogen) atoms. The molecule has 1 aliphatic rings. The number of likely N-dealkylation sites (tertiary alicyclic amines) is 1. The van der Waals surface area contributed by atoms with E-state index in [9.17, 15) is 24.3 Å². The molecule has 1 aliphatic heterocycles. The summed E-state index contributed by atoms with van der Waals surface area (Å²) in [5.74, 6) is -1.37. The quantitative estimate of drug-likeness (QED) is 0.0868. The van der Waals surface area contributed by atoms with E-state index in [0.717, 1.165) is 59.3 Å². The molecule has 0 spiro atoms. The predicted molar refractivity (Wildman–Crippen MR) is 222 cm³/mol. The molecule has 3 aromatic carbocycles. The topological polar surface area (TPSA) is 151 Å². The molecular formula is C46H57N5O6. The predicted octanol–water partition coefficient (Wildman–Crippen LogP) is 7.77. The van der Waals surface area contributed by atoms with Crippen molar-refractivity contribution in [3.63, 3.8) is 0 Å². The number of rotatable bonds is 18. The van der Waals surface area contributed by atoms with Gasteiger partial charge in [-0.1, -0.05) is 102 Å². The van der Waals surface area contributed by atoms with Crippen molar-refractivity contribution in [2.75, 3.05) is 19.7 Å². The summed E-state index contributed by atoms with van der Waals surface area (Å²) in [5.41, 5.74) is 4.69. The molecule has 1 fully saturated rings. The zero-order valence-electron chi connectivity index (χ0n) is 33.8. The van der Waals surface area contributed by atoms with Crippen LogP contribution in [0, 0.1) is 0 Å². The van der Waals surface area contributed by atoms with E-state index >= 15 is 0 Å². The average Bonchev–Trinajstić information content (AvgIpc) is 3.21. The maximum absolute atomic E-state index is 13.9. The highest BCUT2D eigenvalue weighted by Gasteiger charge is 2.32. The number of benzene rings is 3. The highest BCUT2D eigenvalue weighted by molar-refractivity contribution is 5.99. The van der Waals surface area contributed by atoms with Crippen LogP contribution in [0.4, 0.5) is 0 Å². The minimum atomic E-state index is -1.27. The van der Waals surface area contributed by atoms with Crippen LogP contribution < -0.4 is 15.4 Å². The van der Waals surface area contributed by atoms with Crippen molar-refractivity contribution in [3.8, 4) is 28.3 Å². The fourth-order valence-corrected chi connectivity index (χ4v) is 6.85. The van der Waals surface area contributed by atoms with Gasteiger partial charge in [-0.05, 0) is 72.1 Å². The second-order valence-electron chi connectivity index (χ2n) is 15.9. The molecular weight excluding hydrogens is 719 g/mol. The van der Waals surface area contributed by atoms with Crippen LogP contribution >= 0.6 is 0 Å². The molecule has 1 saturated heterocycles. The second kappa shape index (κ2) is 20.5. The molecule has 1 aromatic heterocycles. The zero-order chi connectivity index (χ0) is 40.8. The number of unbranched alkanes of at least 4 members (excludes halogenated alkanes) is 4. The van der Waals surface area contributed by atoms with Gasteiger partial charge in [0.1, 0.15) is 17.8 Å². The lowest BCUT2D eigenvalue weighted by molar-refractivity contribution is -0.144. The van der Waals surface area contributed by atoms with Crippen molar-refractivity contribution in [2.24, 2.45) is 0 Å². The van der Waals surface area contributed by atoms with E-state index in [1.165, 1.54) is 25.7 Å². The Morgan fingerprint density at radius 2 is 1.39 bits per heavy atom. The van der Waals surface area contributed by atoms with Crippen LogP contribution in [-0.2, 0) is 26.2 Å². The van der Waals surface area contributed by atoms with Crippen LogP contribution in [0.5, 0.6) is 5.75 Å². The minimum absolute atomic E-state index is 0.0913. The molecule has 0 aliphatic carbocycles. The Bertz CT molecular complexity index is 1920. The lowest BCUT2D eigenvalue weighted by Gasteiger charge is -2.31. The molecule has 2 heterocycles. The molecule has 0 bridgehead atoms. The first-order chi connectivity index (χ1) is 27.4. The molecule has 11 heteroatoms. The van der Waals surface area contributed by atoms with Crippen molar-refractivity contribution < 1.29 is 29.0 Å². The van der Waals surface area contributed by atoms with Crippen molar-refractivity contribution in [1.29, 1.82) is 0 Å². The van der Waals surface area contributed by atoms with E-state index in [4.69, 9.17) is 4.74 Å². The van der Waals surface area contributed by atoms with Gasteiger partial charge in [-0.25, -0.2) is 9.97 Å². The molecule has 3 amide bonds. The van der Waals surface area contributed by atoms with Gasteiger partial charge in [0, 0.05) is 48.6 Å². The molecule has 302 valence electrons. The molecule has 3 N–H and O–H groups in total. The van der Waals surface area contributed by atoms with E-state index in [2.05, 4.69) is 48.3 Å². The maximum Gasteiger partial charge on any atom is 0.305 e. The number of carbonyl (C=O) groups excluding carboxylic acids is 3. The summed E-state index contributed by atoms with van der Waals surface area (Å²) < 4.78 is 5.91. The molecule has 11 nitrogen and oxygen atoms in total. The van der Waals surface area contributed by atoms with E-state index in [1.807, 2.05) is 60.7 Å². The Labute approximate surface area is 336 Å². The number of nitrogens with zero attached hydrogens (tertiary/aromatic N) is 3. The number of hydrogen-bond donors (Lipinski definition) is 3. The van der Waals surface area contributed by atoms with Gasteiger partial charge in [-0.15, -0.1) is 0 Å². The monoisotopic (exact) mass is 775 g/mol. The average molecular weight is 776 g/mol. The van der Waals surface area contributed by atoms with Gasteiger partial charge in [0.2, 0.25) is 11.8 Å². The fraction of sp³-hybridized carbons (Fsp3) is 0.435. The minimum Gasteiger partial charge on any atom is -0.494 e. The summed E-state index contributed by atoms with van der Waals surface area (Å²) in [6.07, 6.45) is 11.7. The van der Waals surface area contributed by atoms with Crippen LogP contribution in [0.15, 0.2) is 85.2 Å². The van der Waals surface area contributed by atoms with Crippen molar-refractivity contribution in [2.45, 2.75) is 109 Å². The number of carbonyl (C=O) groups is 4. The lowest BCUT2D eigenvalue weighted by atomic mass is 9.86. The van der Waals surface area contributed by atoms with Crippen LogP contribution in [0.1, 0.15) is 107 Å². The van der Waals surface area contributed by atoms with E-state index < -0.39 is 42.2 Å². The van der Waals surface area contributed by atoms with Gasteiger partial charge >= 0.3 is 5.97 Å². The third kappa shape index (κ3) is 12.7. The fourth-order valence-electron chi connectivity index (χ4n) is 6.85. The van der Waals surface area contributed by atoms with Gasteiger partial charge in [0.15, 0.2) is 5.82 Å². The number of hydrogen-bond acceptors (Lipinski definition) is 7. The number of aromatic nitrogens is 2. The number of carboxylic acids is 1. The number of ether oxygens (including phenoxy) is 1. The maximum atomic E-state index is 13.9. The Hall–Kier alpha value is -5.58. The van der Waals surface area contributed by atoms with E-state index in [1.54, 1.807) is 29.4 Å². The first-order valence-electron chi connectivity index (χ1n) is 20.3. The molecule has 5 rings (SSSR count). The van der Waals surface area contributed by atoms with Gasteiger partial charge in [0.25, 0.3) is 5.91 Å². The number of piperidine rings is 1. The Morgan fingerprint density at radius 1 is 0.754 bits per heavy atom. The zero-order valence-corrected chi connectivity index (χ0v) is 33.8. The van der Waals surface area contributed by atoms with Crippen LogP contribution in [0.25, 0.3) is 22.5 Å².